The Labute approximate surface area is 139 Å². The highest BCUT2D eigenvalue weighted by Crippen LogP contribution is 2.27. The zero-order chi connectivity index (χ0) is 17.0. The molecule has 1 aromatic heterocycles. The third-order valence-corrected chi connectivity index (χ3v) is 3.68. The van der Waals surface area contributed by atoms with Gasteiger partial charge in [-0.2, -0.15) is 4.98 Å². The van der Waals surface area contributed by atoms with Crippen molar-refractivity contribution in [2.75, 3.05) is 19.0 Å². The number of rotatable bonds is 6. The molecule has 0 aliphatic rings. The summed E-state index contributed by atoms with van der Waals surface area (Å²) in [6, 6.07) is 6.60. The van der Waals surface area contributed by atoms with Gasteiger partial charge in [-0.1, -0.05) is 30.7 Å². The Balaban J connectivity index is 2.10. The minimum atomic E-state index is -1.67. The van der Waals surface area contributed by atoms with E-state index in [1.807, 2.05) is 0 Å². The zero-order valence-electron chi connectivity index (χ0n) is 13.2. The largest absolute Gasteiger partial charge is 0.375 e. The molecule has 1 aromatic carbocycles. The van der Waals surface area contributed by atoms with E-state index in [4.69, 9.17) is 16.1 Å². The molecule has 2 rings (SSSR count). The summed E-state index contributed by atoms with van der Waals surface area (Å²) < 4.78 is 5.03. The molecule has 0 bridgehead atoms. The van der Waals surface area contributed by atoms with Gasteiger partial charge in [-0.25, -0.2) is 0 Å². The number of hydrogen-bond donors (Lipinski definition) is 2. The zero-order valence-corrected chi connectivity index (χ0v) is 14.0. The van der Waals surface area contributed by atoms with Crippen LogP contribution in [0.4, 0.5) is 5.95 Å². The Morgan fingerprint density at radius 1 is 1.48 bits per heavy atom. The average molecular weight is 339 g/mol. The Morgan fingerprint density at radius 3 is 2.78 bits per heavy atom. The molecule has 0 aliphatic carbocycles. The topological polar surface area (TPSA) is 91.5 Å². The van der Waals surface area contributed by atoms with Crippen molar-refractivity contribution in [1.29, 1.82) is 0 Å². The number of nitrogens with zero attached hydrogens (tertiary/aromatic N) is 3. The summed E-state index contributed by atoms with van der Waals surface area (Å²) in [6.45, 7) is 1.75. The molecule has 8 heteroatoms. The molecule has 1 atom stereocenters. The van der Waals surface area contributed by atoms with E-state index in [0.29, 0.717) is 16.5 Å². The van der Waals surface area contributed by atoms with Crippen LogP contribution < -0.4 is 10.2 Å². The summed E-state index contributed by atoms with van der Waals surface area (Å²) in [7, 11) is 3.56. The van der Waals surface area contributed by atoms with Crippen LogP contribution in [0.1, 0.15) is 24.8 Å². The fraction of sp³-hybridized carbons (Fsp3) is 0.400. The van der Waals surface area contributed by atoms with E-state index in [1.165, 1.54) is 0 Å². The second kappa shape index (κ2) is 6.97. The van der Waals surface area contributed by atoms with Crippen molar-refractivity contribution >= 4 is 23.5 Å². The molecule has 0 spiro atoms. The summed E-state index contributed by atoms with van der Waals surface area (Å²) in [5, 5.41) is 17.5. The number of nitrogens with one attached hydrogen (secondary N) is 1. The third-order valence-electron chi connectivity index (χ3n) is 3.45. The van der Waals surface area contributed by atoms with E-state index >= 15 is 0 Å². The first-order valence-corrected chi connectivity index (χ1v) is 7.51. The molecule has 23 heavy (non-hydrogen) atoms. The molecule has 1 heterocycles. The molecule has 1 unspecified atom stereocenters. The van der Waals surface area contributed by atoms with Gasteiger partial charge in [0.05, 0.1) is 6.54 Å². The fourth-order valence-electron chi connectivity index (χ4n) is 2.04. The normalized spacial score (nSPS) is 13.4. The smallest absolute Gasteiger partial charge is 0.265 e. The number of halogens is 1. The predicted octanol–water partition coefficient (Wildman–Crippen LogP) is 1.70. The number of hydrogen-bond acceptors (Lipinski definition) is 6. The lowest BCUT2D eigenvalue weighted by atomic mass is 9.90. The van der Waals surface area contributed by atoms with Crippen molar-refractivity contribution in [2.45, 2.75) is 25.5 Å². The number of aromatic nitrogens is 2. The SMILES string of the molecule is CCC(O)(C(=O)NCc1nc(N(C)C)no1)c1cccc(Cl)c1. The molecule has 2 aromatic rings. The average Bonchev–Trinajstić information content (AvgIpc) is 3.01. The van der Waals surface area contributed by atoms with Crippen LogP contribution in [0.5, 0.6) is 0 Å². The van der Waals surface area contributed by atoms with Gasteiger partial charge in [0, 0.05) is 19.1 Å². The van der Waals surface area contributed by atoms with E-state index in [2.05, 4.69) is 15.5 Å². The van der Waals surface area contributed by atoms with Gasteiger partial charge >= 0.3 is 0 Å². The van der Waals surface area contributed by atoms with Crippen LogP contribution >= 0.6 is 11.6 Å². The molecule has 0 fully saturated rings. The van der Waals surface area contributed by atoms with Crippen LogP contribution in [0.15, 0.2) is 28.8 Å². The maximum Gasteiger partial charge on any atom is 0.265 e. The molecule has 1 amide bonds. The van der Waals surface area contributed by atoms with E-state index in [1.54, 1.807) is 50.2 Å². The monoisotopic (exact) mass is 338 g/mol. The second-order valence-electron chi connectivity index (χ2n) is 5.29. The Morgan fingerprint density at radius 2 is 2.22 bits per heavy atom. The van der Waals surface area contributed by atoms with Crippen molar-refractivity contribution < 1.29 is 14.4 Å². The Hall–Kier alpha value is -2.12. The van der Waals surface area contributed by atoms with Crippen molar-refractivity contribution in [3.63, 3.8) is 0 Å². The summed E-state index contributed by atoms with van der Waals surface area (Å²) in [5.41, 5.74) is -1.24. The minimum absolute atomic E-state index is 0.0303. The number of carbonyl (C=O) groups is 1. The molecular weight excluding hydrogens is 320 g/mol. The number of amides is 1. The van der Waals surface area contributed by atoms with Crippen molar-refractivity contribution in [2.24, 2.45) is 0 Å². The lowest BCUT2D eigenvalue weighted by Gasteiger charge is -2.26. The van der Waals surface area contributed by atoms with Gasteiger partial charge in [0.15, 0.2) is 5.60 Å². The molecule has 0 radical (unpaired) electrons. The van der Waals surface area contributed by atoms with Crippen molar-refractivity contribution in [3.8, 4) is 0 Å². The van der Waals surface area contributed by atoms with Crippen LogP contribution in [0, 0.1) is 0 Å². The molecule has 2 N–H and O–H groups in total. The summed E-state index contributed by atoms with van der Waals surface area (Å²) in [5.74, 6) is 0.119. The van der Waals surface area contributed by atoms with Crippen molar-refractivity contribution in [3.05, 3.63) is 40.7 Å². The first-order valence-electron chi connectivity index (χ1n) is 7.13. The molecule has 0 saturated heterocycles. The van der Waals surface area contributed by atoms with E-state index in [9.17, 15) is 9.90 Å². The molecular formula is C15H19ClN4O3. The van der Waals surface area contributed by atoms with Crippen LogP contribution in [-0.2, 0) is 16.9 Å². The van der Waals surface area contributed by atoms with E-state index in [-0.39, 0.29) is 18.9 Å². The van der Waals surface area contributed by atoms with Gasteiger partial charge < -0.3 is 19.8 Å². The molecule has 0 aliphatic heterocycles. The minimum Gasteiger partial charge on any atom is -0.375 e. The second-order valence-corrected chi connectivity index (χ2v) is 5.73. The number of carbonyl (C=O) groups excluding carboxylic acids is 1. The van der Waals surface area contributed by atoms with E-state index in [0.717, 1.165) is 0 Å². The van der Waals surface area contributed by atoms with Gasteiger partial charge in [0.2, 0.25) is 5.89 Å². The lowest BCUT2D eigenvalue weighted by Crippen LogP contribution is -2.43. The predicted molar refractivity (Wildman–Crippen MR) is 86.1 cm³/mol. The quantitative estimate of drug-likeness (QED) is 0.833. The van der Waals surface area contributed by atoms with Gasteiger partial charge in [0.25, 0.3) is 11.9 Å². The molecule has 124 valence electrons. The first-order chi connectivity index (χ1) is 10.9. The summed E-state index contributed by atoms with van der Waals surface area (Å²) >= 11 is 5.94. The maximum absolute atomic E-state index is 12.4. The molecule has 0 saturated carbocycles. The van der Waals surface area contributed by atoms with Crippen molar-refractivity contribution in [1.82, 2.24) is 15.5 Å². The van der Waals surface area contributed by atoms with Crippen LogP contribution in [0.2, 0.25) is 5.02 Å². The van der Waals surface area contributed by atoms with E-state index < -0.39 is 11.5 Å². The highest BCUT2D eigenvalue weighted by molar-refractivity contribution is 6.30. The lowest BCUT2D eigenvalue weighted by molar-refractivity contribution is -0.141. The number of anilines is 1. The highest BCUT2D eigenvalue weighted by atomic mass is 35.5. The fourth-order valence-corrected chi connectivity index (χ4v) is 2.23. The summed E-state index contributed by atoms with van der Waals surface area (Å²) in [4.78, 5) is 18.2. The van der Waals surface area contributed by atoms with Crippen LogP contribution in [-0.4, -0.2) is 35.2 Å². The summed E-state index contributed by atoms with van der Waals surface area (Å²) in [6.07, 6.45) is 0.200. The van der Waals surface area contributed by atoms with Gasteiger partial charge in [-0.15, -0.1) is 0 Å². The molecule has 7 nitrogen and oxygen atoms in total. The van der Waals surface area contributed by atoms with Gasteiger partial charge in [-0.05, 0) is 29.3 Å². The number of aliphatic hydroxyl groups is 1. The van der Waals surface area contributed by atoms with Crippen LogP contribution in [0.25, 0.3) is 0 Å². The Kier molecular flexibility index (Phi) is 5.23. The standard InChI is InChI=1S/C15H19ClN4O3/c1-4-15(22,10-6-5-7-11(16)8-10)13(21)17-9-12-18-14(19-23-12)20(2)3/h5-8,22H,4,9H2,1-3H3,(H,17,21). The van der Waals surface area contributed by atoms with Gasteiger partial charge in [0.1, 0.15) is 0 Å². The maximum atomic E-state index is 12.4. The first kappa shape index (κ1) is 17.2. The van der Waals surface area contributed by atoms with Gasteiger partial charge in [-0.3, -0.25) is 4.79 Å². The Bertz CT molecular complexity index is 689. The van der Waals surface area contributed by atoms with Crippen LogP contribution in [0.3, 0.4) is 0 Å². The third kappa shape index (κ3) is 3.80. The number of benzene rings is 1. The highest BCUT2D eigenvalue weighted by Gasteiger charge is 2.36.